The van der Waals surface area contributed by atoms with Crippen molar-refractivity contribution in [2.45, 2.75) is 46.5 Å². The van der Waals surface area contributed by atoms with E-state index in [2.05, 4.69) is 10.1 Å². The molecule has 7 nitrogen and oxygen atoms in total. The van der Waals surface area contributed by atoms with E-state index in [0.29, 0.717) is 17.7 Å². The summed E-state index contributed by atoms with van der Waals surface area (Å²) in [5.41, 5.74) is 0.124. The van der Waals surface area contributed by atoms with Crippen LogP contribution in [0.15, 0.2) is 24.3 Å². The molecule has 29 heavy (non-hydrogen) atoms. The fourth-order valence-corrected chi connectivity index (χ4v) is 4.54. The van der Waals surface area contributed by atoms with Gasteiger partial charge in [0.2, 0.25) is 17.7 Å². The van der Waals surface area contributed by atoms with Crippen LogP contribution in [-0.4, -0.2) is 42.2 Å². The minimum atomic E-state index is -0.519. The van der Waals surface area contributed by atoms with Crippen molar-refractivity contribution in [3.05, 3.63) is 29.8 Å². The Kier molecular flexibility index (Phi) is 5.52. The molecular weight excluding hydrogens is 372 g/mol. The number of nitrogens with zero attached hydrogens (tertiary/aromatic N) is 1. The molecule has 2 bridgehead atoms. The van der Waals surface area contributed by atoms with Crippen LogP contribution in [0.2, 0.25) is 0 Å². The molecule has 1 saturated carbocycles. The van der Waals surface area contributed by atoms with Crippen molar-refractivity contribution < 1.29 is 23.9 Å². The molecule has 2 atom stereocenters. The van der Waals surface area contributed by atoms with Crippen molar-refractivity contribution in [1.29, 1.82) is 0 Å². The minimum absolute atomic E-state index is 0.103. The molecule has 0 aromatic heterocycles. The number of likely N-dealkylation sites (tertiary alicyclic amines) is 1. The van der Waals surface area contributed by atoms with Crippen molar-refractivity contribution >= 4 is 29.4 Å². The Bertz CT molecular complexity index is 845. The standard InChI is InChI=1S/C22H28N2O5/c1-21(2)16-11-12-22(21,3)20(28)24(18(16)26)13-5-6-17(25)23-15-9-7-14(8-10-15)19(27)29-4/h7-10,16H,5-6,11-13H2,1-4H3,(H,23,25). The average molecular weight is 400 g/mol. The van der Waals surface area contributed by atoms with Gasteiger partial charge in [-0.05, 0) is 48.9 Å². The van der Waals surface area contributed by atoms with E-state index in [9.17, 15) is 19.2 Å². The summed E-state index contributed by atoms with van der Waals surface area (Å²) in [6.45, 7) is 6.24. The highest BCUT2D eigenvalue weighted by atomic mass is 16.5. The van der Waals surface area contributed by atoms with Gasteiger partial charge in [-0.15, -0.1) is 0 Å². The summed E-state index contributed by atoms with van der Waals surface area (Å²) in [7, 11) is 1.31. The van der Waals surface area contributed by atoms with Crippen LogP contribution in [0.5, 0.6) is 0 Å². The second-order valence-corrected chi connectivity index (χ2v) is 8.66. The largest absolute Gasteiger partial charge is 0.465 e. The number of fused-ring (bicyclic) bond motifs is 2. The molecule has 0 radical (unpaired) electrons. The molecule has 7 heteroatoms. The maximum absolute atomic E-state index is 13.0. The van der Waals surface area contributed by atoms with Crippen LogP contribution in [0.25, 0.3) is 0 Å². The molecule has 1 aromatic carbocycles. The Morgan fingerprint density at radius 1 is 1.17 bits per heavy atom. The molecule has 2 aliphatic rings. The van der Waals surface area contributed by atoms with Gasteiger partial charge >= 0.3 is 5.97 Å². The van der Waals surface area contributed by atoms with Crippen molar-refractivity contribution in [2.75, 3.05) is 19.0 Å². The van der Waals surface area contributed by atoms with Crippen LogP contribution in [-0.2, 0) is 19.1 Å². The quantitative estimate of drug-likeness (QED) is 0.585. The number of anilines is 1. The summed E-state index contributed by atoms with van der Waals surface area (Å²) in [6, 6.07) is 6.40. The zero-order valence-electron chi connectivity index (χ0n) is 17.4. The third-order valence-electron chi connectivity index (χ3n) is 6.88. The predicted molar refractivity (Wildman–Crippen MR) is 107 cm³/mol. The normalized spacial score (nSPS) is 25.1. The van der Waals surface area contributed by atoms with Gasteiger partial charge in [0.15, 0.2) is 0 Å². The molecule has 3 rings (SSSR count). The van der Waals surface area contributed by atoms with E-state index < -0.39 is 11.4 Å². The molecule has 1 saturated heterocycles. The second-order valence-electron chi connectivity index (χ2n) is 8.66. The molecule has 1 N–H and O–H groups in total. The van der Waals surface area contributed by atoms with Gasteiger partial charge in [-0.25, -0.2) is 4.79 Å². The fourth-order valence-electron chi connectivity index (χ4n) is 4.54. The second kappa shape index (κ2) is 7.61. The van der Waals surface area contributed by atoms with Gasteiger partial charge in [0, 0.05) is 24.6 Å². The topological polar surface area (TPSA) is 92.8 Å². The monoisotopic (exact) mass is 400 g/mol. The Morgan fingerprint density at radius 2 is 1.83 bits per heavy atom. The van der Waals surface area contributed by atoms with E-state index in [0.717, 1.165) is 12.8 Å². The van der Waals surface area contributed by atoms with E-state index in [1.54, 1.807) is 24.3 Å². The number of esters is 1. The summed E-state index contributed by atoms with van der Waals surface area (Å²) in [5, 5.41) is 2.76. The third-order valence-corrected chi connectivity index (χ3v) is 6.88. The fraction of sp³-hybridized carbons (Fsp3) is 0.545. The SMILES string of the molecule is COC(=O)c1ccc(NC(=O)CCCN2C(=O)C3CCC(C)(C2=O)C3(C)C)cc1. The highest BCUT2D eigenvalue weighted by Crippen LogP contribution is 2.60. The van der Waals surface area contributed by atoms with Gasteiger partial charge in [0.05, 0.1) is 18.1 Å². The number of hydrogen-bond donors (Lipinski definition) is 1. The molecule has 0 spiro atoms. The maximum atomic E-state index is 13.0. The first kappa shape index (κ1) is 21.0. The zero-order valence-corrected chi connectivity index (χ0v) is 17.4. The Balaban J connectivity index is 1.54. The number of amides is 3. The first-order valence-corrected chi connectivity index (χ1v) is 9.96. The van der Waals surface area contributed by atoms with Crippen LogP contribution < -0.4 is 5.32 Å². The molecule has 1 aliphatic carbocycles. The highest BCUT2D eigenvalue weighted by Gasteiger charge is 2.64. The summed E-state index contributed by atoms with van der Waals surface area (Å²) < 4.78 is 4.64. The molecule has 1 heterocycles. The number of carbonyl (C=O) groups excluding carboxylic acids is 4. The smallest absolute Gasteiger partial charge is 0.337 e. The number of rotatable bonds is 6. The van der Waals surface area contributed by atoms with Crippen molar-refractivity contribution in [3.63, 3.8) is 0 Å². The number of ether oxygens (including phenoxy) is 1. The molecule has 156 valence electrons. The van der Waals surface area contributed by atoms with Crippen molar-refractivity contribution in [1.82, 2.24) is 4.90 Å². The van der Waals surface area contributed by atoms with Crippen molar-refractivity contribution in [3.8, 4) is 0 Å². The van der Waals surface area contributed by atoms with Crippen LogP contribution >= 0.6 is 0 Å². The number of piperidine rings is 1. The van der Waals surface area contributed by atoms with Gasteiger partial charge < -0.3 is 10.1 Å². The van der Waals surface area contributed by atoms with Gasteiger partial charge in [0.1, 0.15) is 0 Å². The van der Waals surface area contributed by atoms with E-state index in [4.69, 9.17) is 0 Å². The third kappa shape index (κ3) is 3.54. The van der Waals surface area contributed by atoms with Gasteiger partial charge in [-0.2, -0.15) is 0 Å². The minimum Gasteiger partial charge on any atom is -0.465 e. The van der Waals surface area contributed by atoms with E-state index in [1.807, 2.05) is 20.8 Å². The Labute approximate surface area is 170 Å². The molecule has 1 aliphatic heterocycles. The molecular formula is C22H28N2O5. The number of carbonyl (C=O) groups is 4. The summed E-state index contributed by atoms with van der Waals surface area (Å²) in [4.78, 5) is 50.8. The number of nitrogens with one attached hydrogen (secondary N) is 1. The van der Waals surface area contributed by atoms with E-state index >= 15 is 0 Å². The van der Waals surface area contributed by atoms with Crippen molar-refractivity contribution in [2.24, 2.45) is 16.7 Å². The maximum Gasteiger partial charge on any atom is 0.337 e. The molecule has 2 fully saturated rings. The van der Waals surface area contributed by atoms with Crippen LogP contribution in [0.1, 0.15) is 56.8 Å². The first-order chi connectivity index (χ1) is 13.6. The van der Waals surface area contributed by atoms with Gasteiger partial charge in [-0.3, -0.25) is 19.3 Å². The summed E-state index contributed by atoms with van der Waals surface area (Å²) in [5.74, 6) is -0.993. The number of hydrogen-bond acceptors (Lipinski definition) is 5. The lowest BCUT2D eigenvalue weighted by Gasteiger charge is -2.47. The number of imide groups is 1. The zero-order chi connectivity index (χ0) is 21.4. The van der Waals surface area contributed by atoms with Crippen LogP contribution in [0.3, 0.4) is 0 Å². The summed E-state index contributed by atoms with van der Waals surface area (Å²) in [6.07, 6.45) is 2.08. The van der Waals surface area contributed by atoms with Gasteiger partial charge in [-0.1, -0.05) is 20.8 Å². The number of methoxy groups -OCH3 is 1. The van der Waals surface area contributed by atoms with Crippen LogP contribution in [0, 0.1) is 16.7 Å². The lowest BCUT2D eigenvalue weighted by atomic mass is 9.62. The number of benzene rings is 1. The summed E-state index contributed by atoms with van der Waals surface area (Å²) >= 11 is 0. The van der Waals surface area contributed by atoms with Gasteiger partial charge in [0.25, 0.3) is 0 Å². The lowest BCUT2D eigenvalue weighted by molar-refractivity contribution is -0.168. The first-order valence-electron chi connectivity index (χ1n) is 9.96. The molecule has 2 unspecified atom stereocenters. The van der Waals surface area contributed by atoms with Crippen LogP contribution in [0.4, 0.5) is 5.69 Å². The predicted octanol–water partition coefficient (Wildman–Crippen LogP) is 3.00. The molecule has 3 amide bonds. The van der Waals surface area contributed by atoms with E-state index in [-0.39, 0.29) is 42.0 Å². The Morgan fingerprint density at radius 3 is 2.45 bits per heavy atom. The highest BCUT2D eigenvalue weighted by molar-refractivity contribution is 6.03. The average Bonchev–Trinajstić information content (AvgIpc) is 2.88. The lowest BCUT2D eigenvalue weighted by Crippen LogP contribution is -2.59. The van der Waals surface area contributed by atoms with E-state index in [1.165, 1.54) is 12.0 Å². The Hall–Kier alpha value is -2.70. The molecule has 1 aromatic rings.